The number of esters is 1. The molecule has 13 heavy (non-hydrogen) atoms. The molecule has 0 bridgehead atoms. The van der Waals surface area contributed by atoms with Gasteiger partial charge in [-0.15, -0.1) is 0 Å². The highest BCUT2D eigenvalue weighted by molar-refractivity contribution is 5.88. The maximum Gasteiger partial charge on any atom is 0.341 e. The summed E-state index contributed by atoms with van der Waals surface area (Å²) >= 11 is 0. The number of methoxy groups -OCH3 is 1. The molecular weight excluding hydrogens is 168 g/mol. The highest BCUT2D eigenvalue weighted by Crippen LogP contribution is 2.37. The number of ether oxygens (including phenoxy) is 1. The van der Waals surface area contributed by atoms with E-state index in [0.29, 0.717) is 11.5 Å². The Morgan fingerprint density at radius 3 is 2.54 bits per heavy atom. The minimum atomic E-state index is -0.387. The molecule has 1 aromatic heterocycles. The van der Waals surface area contributed by atoms with E-state index in [1.54, 1.807) is 0 Å². The second kappa shape index (κ2) is 3.12. The smallest absolute Gasteiger partial charge is 0.341 e. The molecule has 4 heteroatoms. The monoisotopic (exact) mass is 178 g/mol. The van der Waals surface area contributed by atoms with Crippen LogP contribution in [0, 0.1) is 0 Å². The third-order valence-corrected chi connectivity index (χ3v) is 2.04. The highest BCUT2D eigenvalue weighted by Gasteiger charge is 2.26. The maximum atomic E-state index is 11.0. The number of carbonyl (C=O) groups is 1. The van der Waals surface area contributed by atoms with Crippen LogP contribution in [0.15, 0.2) is 12.4 Å². The van der Waals surface area contributed by atoms with Gasteiger partial charge in [-0.05, 0) is 12.8 Å². The zero-order valence-corrected chi connectivity index (χ0v) is 7.36. The van der Waals surface area contributed by atoms with Crippen LogP contribution < -0.4 is 0 Å². The van der Waals surface area contributed by atoms with Gasteiger partial charge in [-0.2, -0.15) is 0 Å². The fraction of sp³-hybridized carbons (Fsp3) is 0.444. The van der Waals surface area contributed by atoms with Crippen molar-refractivity contribution in [1.82, 2.24) is 9.97 Å². The molecule has 1 heterocycles. The highest BCUT2D eigenvalue weighted by atomic mass is 16.5. The molecule has 68 valence electrons. The summed E-state index contributed by atoms with van der Waals surface area (Å²) in [6.07, 6.45) is 5.37. The van der Waals surface area contributed by atoms with Crippen LogP contribution in [0.4, 0.5) is 0 Å². The summed E-state index contributed by atoms with van der Waals surface area (Å²) in [6, 6.07) is 0. The van der Waals surface area contributed by atoms with E-state index >= 15 is 0 Å². The topological polar surface area (TPSA) is 52.1 Å². The fourth-order valence-corrected chi connectivity index (χ4v) is 1.11. The summed E-state index contributed by atoms with van der Waals surface area (Å²) in [4.78, 5) is 19.2. The number of aromatic nitrogens is 2. The molecule has 0 amide bonds. The first-order valence-corrected chi connectivity index (χ1v) is 4.21. The molecule has 1 aromatic rings. The third kappa shape index (κ3) is 1.66. The lowest BCUT2D eigenvalue weighted by Gasteiger charge is -1.98. The van der Waals surface area contributed by atoms with Crippen molar-refractivity contribution in [1.29, 1.82) is 0 Å². The normalized spacial score (nSPS) is 15.5. The number of rotatable bonds is 2. The summed E-state index contributed by atoms with van der Waals surface area (Å²) < 4.78 is 4.53. The largest absolute Gasteiger partial charge is 0.465 e. The Labute approximate surface area is 76.0 Å². The van der Waals surface area contributed by atoms with E-state index in [1.165, 1.54) is 19.5 Å². The molecule has 0 aliphatic heterocycles. The van der Waals surface area contributed by atoms with Crippen molar-refractivity contribution in [2.24, 2.45) is 0 Å². The molecule has 1 saturated carbocycles. The molecule has 0 radical (unpaired) electrons. The quantitative estimate of drug-likeness (QED) is 0.637. The van der Waals surface area contributed by atoms with Gasteiger partial charge in [-0.3, -0.25) is 0 Å². The first-order valence-electron chi connectivity index (χ1n) is 4.21. The molecule has 0 spiro atoms. The van der Waals surface area contributed by atoms with E-state index in [9.17, 15) is 4.79 Å². The number of hydrogen-bond donors (Lipinski definition) is 0. The molecule has 1 aliphatic carbocycles. The van der Waals surface area contributed by atoms with E-state index < -0.39 is 0 Å². The van der Waals surface area contributed by atoms with Crippen molar-refractivity contribution in [3.63, 3.8) is 0 Å². The van der Waals surface area contributed by atoms with Crippen LogP contribution in [0.3, 0.4) is 0 Å². The van der Waals surface area contributed by atoms with Gasteiger partial charge in [-0.25, -0.2) is 14.8 Å². The Morgan fingerprint density at radius 2 is 2.08 bits per heavy atom. The zero-order chi connectivity index (χ0) is 9.26. The Hall–Kier alpha value is -1.45. The predicted octanol–water partition coefficient (Wildman–Crippen LogP) is 1.14. The molecule has 0 atom stereocenters. The first kappa shape index (κ1) is 8.16. The molecule has 0 saturated heterocycles. The van der Waals surface area contributed by atoms with Crippen LogP contribution in [0.5, 0.6) is 0 Å². The van der Waals surface area contributed by atoms with Gasteiger partial charge < -0.3 is 4.74 Å². The van der Waals surface area contributed by atoms with Crippen molar-refractivity contribution < 1.29 is 9.53 Å². The van der Waals surface area contributed by atoms with Gasteiger partial charge in [0, 0.05) is 18.3 Å². The second-order valence-electron chi connectivity index (χ2n) is 3.10. The van der Waals surface area contributed by atoms with Crippen LogP contribution in [-0.2, 0) is 4.74 Å². The fourth-order valence-electron chi connectivity index (χ4n) is 1.11. The Balaban J connectivity index is 2.17. The molecular formula is C9H10N2O2. The van der Waals surface area contributed by atoms with Gasteiger partial charge >= 0.3 is 5.97 Å². The van der Waals surface area contributed by atoms with Gasteiger partial charge in [0.15, 0.2) is 0 Å². The maximum absolute atomic E-state index is 11.0. The first-order chi connectivity index (χ1) is 6.31. The van der Waals surface area contributed by atoms with Gasteiger partial charge in [-0.1, -0.05) is 0 Å². The Bertz CT molecular complexity index is 317. The lowest BCUT2D eigenvalue weighted by molar-refractivity contribution is 0.0599. The van der Waals surface area contributed by atoms with Crippen molar-refractivity contribution in [2.45, 2.75) is 18.8 Å². The summed E-state index contributed by atoms with van der Waals surface area (Å²) in [5.41, 5.74) is 0.409. The molecule has 0 unspecified atom stereocenters. The van der Waals surface area contributed by atoms with Crippen LogP contribution in [0.1, 0.15) is 34.9 Å². The van der Waals surface area contributed by atoms with Crippen LogP contribution in [0.2, 0.25) is 0 Å². The Kier molecular flexibility index (Phi) is 1.96. The van der Waals surface area contributed by atoms with Crippen LogP contribution in [-0.4, -0.2) is 23.0 Å². The van der Waals surface area contributed by atoms with Crippen molar-refractivity contribution in [3.05, 3.63) is 23.8 Å². The average Bonchev–Trinajstić information content (AvgIpc) is 3.00. The molecule has 4 nitrogen and oxygen atoms in total. The van der Waals surface area contributed by atoms with E-state index in [1.807, 2.05) is 0 Å². The van der Waals surface area contributed by atoms with E-state index in [2.05, 4.69) is 14.7 Å². The van der Waals surface area contributed by atoms with Gasteiger partial charge in [0.25, 0.3) is 0 Å². The molecule has 1 aliphatic rings. The number of nitrogens with zero attached hydrogens (tertiary/aromatic N) is 2. The van der Waals surface area contributed by atoms with Gasteiger partial charge in [0.05, 0.1) is 12.7 Å². The van der Waals surface area contributed by atoms with E-state index in [4.69, 9.17) is 0 Å². The molecule has 0 N–H and O–H groups in total. The van der Waals surface area contributed by atoms with E-state index in [0.717, 1.165) is 18.7 Å². The zero-order valence-electron chi connectivity index (χ0n) is 7.36. The minimum Gasteiger partial charge on any atom is -0.465 e. The van der Waals surface area contributed by atoms with E-state index in [-0.39, 0.29) is 5.97 Å². The standard InChI is InChI=1S/C9H10N2O2/c1-13-9(12)7-4-10-8(11-5-7)6-2-3-6/h4-6H,2-3H2,1H3. The minimum absolute atomic E-state index is 0.387. The summed E-state index contributed by atoms with van der Waals surface area (Å²) in [5, 5.41) is 0. The number of carbonyl (C=O) groups excluding carboxylic acids is 1. The average molecular weight is 178 g/mol. The molecule has 1 fully saturated rings. The van der Waals surface area contributed by atoms with Gasteiger partial charge in [0.1, 0.15) is 5.82 Å². The predicted molar refractivity (Wildman–Crippen MR) is 45.3 cm³/mol. The Morgan fingerprint density at radius 1 is 1.46 bits per heavy atom. The summed E-state index contributed by atoms with van der Waals surface area (Å²) in [7, 11) is 1.34. The summed E-state index contributed by atoms with van der Waals surface area (Å²) in [5.74, 6) is 0.974. The van der Waals surface area contributed by atoms with Gasteiger partial charge in [0.2, 0.25) is 0 Å². The third-order valence-electron chi connectivity index (χ3n) is 2.04. The van der Waals surface area contributed by atoms with Crippen LogP contribution >= 0.6 is 0 Å². The van der Waals surface area contributed by atoms with Crippen LogP contribution in [0.25, 0.3) is 0 Å². The summed E-state index contributed by atoms with van der Waals surface area (Å²) in [6.45, 7) is 0. The van der Waals surface area contributed by atoms with Crippen molar-refractivity contribution in [2.75, 3.05) is 7.11 Å². The van der Waals surface area contributed by atoms with Crippen molar-refractivity contribution in [3.8, 4) is 0 Å². The SMILES string of the molecule is COC(=O)c1cnc(C2CC2)nc1. The second-order valence-corrected chi connectivity index (χ2v) is 3.10. The van der Waals surface area contributed by atoms with Crippen molar-refractivity contribution >= 4 is 5.97 Å². The molecule has 0 aromatic carbocycles. The lowest BCUT2D eigenvalue weighted by Crippen LogP contribution is -2.04. The number of hydrogen-bond acceptors (Lipinski definition) is 4. The molecule has 2 rings (SSSR count). The lowest BCUT2D eigenvalue weighted by atomic mass is 10.3.